The molecule has 5 nitrogen and oxygen atoms in total. The molecule has 1 fully saturated rings. The molecule has 2 aromatic rings. The Morgan fingerprint density at radius 1 is 1.09 bits per heavy atom. The lowest BCUT2D eigenvalue weighted by molar-refractivity contribution is -0.121. The highest BCUT2D eigenvalue weighted by Crippen LogP contribution is 2.32. The molecule has 3 rings (SSSR count). The third-order valence-corrected chi connectivity index (χ3v) is 6.66. The quantitative estimate of drug-likeness (QED) is 0.585. The first-order chi connectivity index (χ1) is 15.4. The largest absolute Gasteiger partial charge is 0.491 e. The Hall–Kier alpha value is -2.37. The summed E-state index contributed by atoms with van der Waals surface area (Å²) < 4.78 is 10.9. The summed E-state index contributed by atoms with van der Waals surface area (Å²) in [7, 11) is 1.69. The second-order valence-electron chi connectivity index (χ2n) is 8.96. The number of ether oxygens (including phenoxy) is 2. The van der Waals surface area contributed by atoms with E-state index in [2.05, 4.69) is 62.2 Å². The second-order valence-corrected chi connectivity index (χ2v) is 8.96. The van der Waals surface area contributed by atoms with Gasteiger partial charge >= 0.3 is 0 Å². The molecule has 1 N–H and O–H groups in total. The number of rotatable bonds is 9. The number of piperidine rings is 1. The van der Waals surface area contributed by atoms with Crippen molar-refractivity contribution in [2.45, 2.75) is 59.0 Å². The first-order valence-electron chi connectivity index (χ1n) is 11.7. The van der Waals surface area contributed by atoms with Crippen molar-refractivity contribution in [2.75, 3.05) is 33.4 Å². The molecule has 1 atom stereocenters. The normalized spacial score (nSPS) is 16.0. The molecule has 32 heavy (non-hydrogen) atoms. The first-order valence-corrected chi connectivity index (χ1v) is 11.7. The van der Waals surface area contributed by atoms with Crippen LogP contribution in [0.15, 0.2) is 36.4 Å². The molecule has 1 saturated heterocycles. The predicted octanol–water partition coefficient (Wildman–Crippen LogP) is 4.52. The number of hydrogen-bond donors (Lipinski definition) is 1. The Kier molecular flexibility index (Phi) is 8.71. The molecule has 0 aliphatic carbocycles. The summed E-state index contributed by atoms with van der Waals surface area (Å²) in [6, 6.07) is 13.1. The topological polar surface area (TPSA) is 50.8 Å². The molecule has 1 aliphatic rings. The minimum Gasteiger partial charge on any atom is -0.491 e. The van der Waals surface area contributed by atoms with Crippen LogP contribution >= 0.6 is 0 Å². The van der Waals surface area contributed by atoms with Gasteiger partial charge < -0.3 is 14.8 Å². The highest BCUT2D eigenvalue weighted by Gasteiger charge is 2.26. The van der Waals surface area contributed by atoms with E-state index in [1.807, 2.05) is 12.1 Å². The van der Waals surface area contributed by atoms with Crippen LogP contribution < -0.4 is 10.1 Å². The van der Waals surface area contributed by atoms with Gasteiger partial charge in [-0.15, -0.1) is 0 Å². The summed E-state index contributed by atoms with van der Waals surface area (Å²) >= 11 is 0. The average molecular weight is 439 g/mol. The van der Waals surface area contributed by atoms with Gasteiger partial charge in [0.2, 0.25) is 5.91 Å². The zero-order valence-corrected chi connectivity index (χ0v) is 20.2. The van der Waals surface area contributed by atoms with Gasteiger partial charge in [-0.3, -0.25) is 9.69 Å². The van der Waals surface area contributed by atoms with Gasteiger partial charge in [0.1, 0.15) is 12.4 Å². The van der Waals surface area contributed by atoms with Crippen LogP contribution in [0.4, 0.5) is 0 Å². The summed E-state index contributed by atoms with van der Waals surface area (Å²) in [5.41, 5.74) is 6.11. The summed E-state index contributed by atoms with van der Waals surface area (Å²) in [4.78, 5) is 15.0. The van der Waals surface area contributed by atoms with Crippen LogP contribution in [0.3, 0.4) is 0 Å². The Morgan fingerprint density at radius 3 is 2.53 bits per heavy atom. The molecule has 0 aromatic heterocycles. The highest BCUT2D eigenvalue weighted by atomic mass is 16.5. The molecule has 0 spiro atoms. The monoisotopic (exact) mass is 438 g/mol. The van der Waals surface area contributed by atoms with Crippen molar-refractivity contribution in [2.24, 2.45) is 0 Å². The van der Waals surface area contributed by atoms with E-state index in [-0.39, 0.29) is 11.9 Å². The molecule has 0 saturated carbocycles. The van der Waals surface area contributed by atoms with Gasteiger partial charge in [0.25, 0.3) is 0 Å². The summed E-state index contributed by atoms with van der Waals surface area (Å²) in [6.45, 7) is 11.8. The zero-order chi connectivity index (χ0) is 23.1. The van der Waals surface area contributed by atoms with E-state index in [1.165, 1.54) is 22.3 Å². The lowest BCUT2D eigenvalue weighted by Gasteiger charge is -2.37. The van der Waals surface area contributed by atoms with Crippen molar-refractivity contribution in [3.05, 3.63) is 64.2 Å². The third kappa shape index (κ3) is 6.33. The van der Waals surface area contributed by atoms with E-state index < -0.39 is 0 Å². The number of nitrogens with one attached hydrogen (secondary N) is 1. The van der Waals surface area contributed by atoms with Gasteiger partial charge in [0, 0.05) is 32.3 Å². The van der Waals surface area contributed by atoms with Crippen molar-refractivity contribution in [1.82, 2.24) is 10.2 Å². The number of aryl methyl sites for hydroxylation is 1. The minimum absolute atomic E-state index is 0.123. The second kappa shape index (κ2) is 11.5. The molecule has 1 amide bonds. The molecular formula is C27H38N2O3. The van der Waals surface area contributed by atoms with Gasteiger partial charge in [0.15, 0.2) is 0 Å². The van der Waals surface area contributed by atoms with E-state index in [4.69, 9.17) is 9.47 Å². The van der Waals surface area contributed by atoms with E-state index >= 15 is 0 Å². The van der Waals surface area contributed by atoms with Gasteiger partial charge in [-0.05, 0) is 68.9 Å². The fourth-order valence-electron chi connectivity index (χ4n) is 4.57. The van der Waals surface area contributed by atoms with Crippen LogP contribution in [0, 0.1) is 20.8 Å². The Morgan fingerprint density at radius 2 is 1.84 bits per heavy atom. The fourth-order valence-corrected chi connectivity index (χ4v) is 4.57. The van der Waals surface area contributed by atoms with Crippen LogP contribution in [-0.2, 0) is 16.0 Å². The summed E-state index contributed by atoms with van der Waals surface area (Å²) in [5.74, 6) is 1.06. The fraction of sp³-hybridized carbons (Fsp3) is 0.519. The van der Waals surface area contributed by atoms with Crippen molar-refractivity contribution >= 4 is 5.91 Å². The Labute approximate surface area is 193 Å². The van der Waals surface area contributed by atoms with Crippen LogP contribution in [-0.4, -0.2) is 50.3 Å². The van der Waals surface area contributed by atoms with Crippen LogP contribution in [0.2, 0.25) is 0 Å². The lowest BCUT2D eigenvalue weighted by Crippen LogP contribution is -2.45. The molecule has 1 unspecified atom stereocenters. The van der Waals surface area contributed by atoms with Gasteiger partial charge in [-0.25, -0.2) is 0 Å². The lowest BCUT2D eigenvalue weighted by atomic mass is 9.94. The van der Waals surface area contributed by atoms with Crippen molar-refractivity contribution < 1.29 is 14.3 Å². The van der Waals surface area contributed by atoms with Gasteiger partial charge in [-0.2, -0.15) is 0 Å². The summed E-state index contributed by atoms with van der Waals surface area (Å²) in [6.07, 6.45) is 2.43. The number of likely N-dealkylation sites (tertiary alicyclic amines) is 1. The van der Waals surface area contributed by atoms with E-state index in [1.54, 1.807) is 7.11 Å². The SMILES string of the molecule is COCCOc1ccc(C(C)N2CCC(NC(=O)Cc3cccc(C)c3)CC2)c(C)c1C. The number of amides is 1. The molecule has 1 heterocycles. The zero-order valence-electron chi connectivity index (χ0n) is 20.2. The maximum Gasteiger partial charge on any atom is 0.224 e. The first kappa shape index (κ1) is 24.3. The molecule has 0 bridgehead atoms. The van der Waals surface area contributed by atoms with E-state index in [0.29, 0.717) is 25.7 Å². The maximum absolute atomic E-state index is 12.5. The number of benzene rings is 2. The average Bonchev–Trinajstić information content (AvgIpc) is 2.77. The molecule has 2 aromatic carbocycles. The Balaban J connectivity index is 1.52. The van der Waals surface area contributed by atoms with Crippen molar-refractivity contribution in [1.29, 1.82) is 0 Å². The van der Waals surface area contributed by atoms with E-state index in [0.717, 1.165) is 37.2 Å². The van der Waals surface area contributed by atoms with Crippen molar-refractivity contribution in [3.63, 3.8) is 0 Å². The molecule has 1 aliphatic heterocycles. The van der Waals surface area contributed by atoms with E-state index in [9.17, 15) is 4.79 Å². The van der Waals surface area contributed by atoms with Crippen molar-refractivity contribution in [3.8, 4) is 5.75 Å². The predicted molar refractivity (Wildman–Crippen MR) is 129 cm³/mol. The van der Waals surface area contributed by atoms with Crippen LogP contribution in [0.25, 0.3) is 0 Å². The van der Waals surface area contributed by atoms with Gasteiger partial charge in [-0.1, -0.05) is 35.9 Å². The molecule has 5 heteroatoms. The molecule has 0 radical (unpaired) electrons. The smallest absolute Gasteiger partial charge is 0.224 e. The molecule has 174 valence electrons. The Bertz CT molecular complexity index is 904. The van der Waals surface area contributed by atoms with Crippen LogP contribution in [0.1, 0.15) is 53.6 Å². The third-order valence-electron chi connectivity index (χ3n) is 6.66. The molecular weight excluding hydrogens is 400 g/mol. The minimum atomic E-state index is 0.123. The number of hydrogen-bond acceptors (Lipinski definition) is 4. The number of carbonyl (C=O) groups is 1. The van der Waals surface area contributed by atoms with Crippen LogP contribution in [0.5, 0.6) is 5.75 Å². The summed E-state index contributed by atoms with van der Waals surface area (Å²) in [5, 5.41) is 3.25. The highest BCUT2D eigenvalue weighted by molar-refractivity contribution is 5.78. The van der Waals surface area contributed by atoms with Gasteiger partial charge in [0.05, 0.1) is 13.0 Å². The number of methoxy groups -OCH3 is 1. The number of nitrogens with zero attached hydrogens (tertiary/aromatic N) is 1. The standard InChI is InChI=1S/C27H38N2O3/c1-19-7-6-8-23(17-19)18-27(30)28-24-11-13-29(14-12-24)22(4)25-9-10-26(21(3)20(25)2)32-16-15-31-5/h6-10,17,22,24H,11-16,18H2,1-5H3,(H,28,30). The maximum atomic E-state index is 12.5. The number of carbonyl (C=O) groups excluding carboxylic acids is 1.